The number of hydrogen-bond acceptors (Lipinski definition) is 3. The molecule has 0 N–H and O–H groups in total. The van der Waals surface area contributed by atoms with Crippen LogP contribution in [0.1, 0.15) is 45.6 Å². The molecule has 0 atom stereocenters. The van der Waals surface area contributed by atoms with E-state index in [4.69, 9.17) is 16.3 Å². The first-order valence-electron chi connectivity index (χ1n) is 7.97. The quantitative estimate of drug-likeness (QED) is 0.777. The number of nitriles is 1. The number of hydrogen-bond donors (Lipinski definition) is 0. The molecule has 0 spiro atoms. The topological polar surface area (TPSA) is 53.3 Å². The molecule has 1 saturated heterocycles. The molecule has 0 aromatic heterocycles. The molecule has 1 heterocycles. The van der Waals surface area contributed by atoms with Crippen LogP contribution in [-0.4, -0.2) is 29.7 Å². The van der Waals surface area contributed by atoms with E-state index < -0.39 is 16.8 Å². The van der Waals surface area contributed by atoms with Crippen LogP contribution in [0.3, 0.4) is 0 Å². The van der Waals surface area contributed by atoms with Crippen molar-refractivity contribution in [1.29, 1.82) is 5.26 Å². The number of rotatable bonds is 2. The zero-order valence-electron chi connectivity index (χ0n) is 14.2. The van der Waals surface area contributed by atoms with Crippen molar-refractivity contribution in [3.05, 3.63) is 34.6 Å². The Morgan fingerprint density at radius 1 is 1.42 bits per heavy atom. The fraction of sp³-hybridized carbons (Fsp3) is 0.556. The van der Waals surface area contributed by atoms with Crippen molar-refractivity contribution in [2.45, 2.75) is 51.0 Å². The van der Waals surface area contributed by atoms with E-state index in [0.717, 1.165) is 5.56 Å². The molecule has 2 rings (SSSR count). The Morgan fingerprint density at radius 2 is 2.04 bits per heavy atom. The van der Waals surface area contributed by atoms with Crippen molar-refractivity contribution in [2.75, 3.05) is 13.1 Å². The summed E-state index contributed by atoms with van der Waals surface area (Å²) in [5.74, 6) is -0.473. The summed E-state index contributed by atoms with van der Waals surface area (Å²) in [6.07, 6.45) is 1.19. The standard InChI is InChI=1S/C18H22ClFN2O2/c1-17(2,3)24-16(23)22-10-7-18(6-9-21,8-11-22)13-4-5-15(20)14(19)12-13/h4-5,12H,6-8,10-11H2,1-3H3. The van der Waals surface area contributed by atoms with Gasteiger partial charge in [0.1, 0.15) is 11.4 Å². The van der Waals surface area contributed by atoms with E-state index in [-0.39, 0.29) is 11.1 Å². The average molecular weight is 353 g/mol. The Labute approximate surface area is 147 Å². The van der Waals surface area contributed by atoms with Crippen LogP contribution >= 0.6 is 11.6 Å². The van der Waals surface area contributed by atoms with Crippen LogP contribution in [0.25, 0.3) is 0 Å². The lowest BCUT2D eigenvalue weighted by Gasteiger charge is -2.41. The van der Waals surface area contributed by atoms with Crippen molar-refractivity contribution in [3.63, 3.8) is 0 Å². The lowest BCUT2D eigenvalue weighted by Crippen LogP contribution is -2.46. The minimum absolute atomic E-state index is 0.0550. The van der Waals surface area contributed by atoms with Gasteiger partial charge in [0.05, 0.1) is 11.1 Å². The maximum atomic E-state index is 13.4. The number of likely N-dealkylation sites (tertiary alicyclic amines) is 1. The Balaban J connectivity index is 2.16. The summed E-state index contributed by atoms with van der Waals surface area (Å²) in [5, 5.41) is 9.29. The van der Waals surface area contributed by atoms with Gasteiger partial charge in [-0.3, -0.25) is 0 Å². The van der Waals surface area contributed by atoms with Gasteiger partial charge in [-0.25, -0.2) is 9.18 Å². The predicted octanol–water partition coefficient (Wildman–Crippen LogP) is 4.66. The van der Waals surface area contributed by atoms with E-state index >= 15 is 0 Å². The lowest BCUT2D eigenvalue weighted by molar-refractivity contribution is 0.0165. The number of piperidine rings is 1. The van der Waals surface area contributed by atoms with Crippen LogP contribution in [0, 0.1) is 17.1 Å². The number of nitrogens with zero attached hydrogens (tertiary/aromatic N) is 2. The average Bonchev–Trinajstić information content (AvgIpc) is 2.49. The monoisotopic (exact) mass is 352 g/mol. The first kappa shape index (κ1) is 18.5. The fourth-order valence-electron chi connectivity index (χ4n) is 2.99. The lowest BCUT2D eigenvalue weighted by atomic mass is 9.71. The Morgan fingerprint density at radius 3 is 2.54 bits per heavy atom. The van der Waals surface area contributed by atoms with Crippen LogP contribution in [0.2, 0.25) is 5.02 Å². The summed E-state index contributed by atoms with van der Waals surface area (Å²) in [4.78, 5) is 13.8. The summed E-state index contributed by atoms with van der Waals surface area (Å²) in [5.41, 5.74) is -0.104. The summed E-state index contributed by atoms with van der Waals surface area (Å²) in [6, 6.07) is 6.83. The Bertz CT molecular complexity index is 656. The van der Waals surface area contributed by atoms with Crippen molar-refractivity contribution in [3.8, 4) is 6.07 Å². The van der Waals surface area contributed by atoms with Crippen LogP contribution < -0.4 is 0 Å². The number of carbonyl (C=O) groups is 1. The minimum atomic E-state index is -0.539. The SMILES string of the molecule is CC(C)(C)OC(=O)N1CCC(CC#N)(c2ccc(F)c(Cl)c2)CC1. The molecular weight excluding hydrogens is 331 g/mol. The van der Waals surface area contributed by atoms with Crippen molar-refractivity contribution in [2.24, 2.45) is 0 Å². The van der Waals surface area contributed by atoms with Crippen molar-refractivity contribution < 1.29 is 13.9 Å². The number of carbonyl (C=O) groups excluding carboxylic acids is 1. The third-order valence-electron chi connectivity index (χ3n) is 4.32. The number of ether oxygens (including phenoxy) is 1. The molecule has 0 unspecified atom stereocenters. The summed E-state index contributed by atoms with van der Waals surface area (Å²) in [6.45, 7) is 6.47. The number of amides is 1. The molecule has 0 aliphatic carbocycles. The van der Waals surface area contributed by atoms with Gasteiger partial charge in [-0.05, 0) is 51.3 Å². The molecule has 4 nitrogen and oxygen atoms in total. The second-order valence-corrected chi connectivity index (χ2v) is 7.62. The predicted molar refractivity (Wildman–Crippen MR) is 90.4 cm³/mol. The van der Waals surface area contributed by atoms with Crippen molar-refractivity contribution in [1.82, 2.24) is 4.90 Å². The minimum Gasteiger partial charge on any atom is -0.444 e. The molecule has 1 aromatic rings. The molecule has 0 radical (unpaired) electrons. The zero-order valence-corrected chi connectivity index (χ0v) is 15.0. The van der Waals surface area contributed by atoms with Gasteiger partial charge in [0.25, 0.3) is 0 Å². The first-order chi connectivity index (χ1) is 11.2. The Hall–Kier alpha value is -1.80. The molecule has 1 amide bonds. The van der Waals surface area contributed by atoms with Gasteiger partial charge in [-0.2, -0.15) is 5.26 Å². The van der Waals surface area contributed by atoms with E-state index in [1.807, 2.05) is 20.8 Å². The molecule has 24 heavy (non-hydrogen) atoms. The molecule has 1 aliphatic rings. The van der Waals surface area contributed by atoms with Crippen LogP contribution in [-0.2, 0) is 10.2 Å². The van der Waals surface area contributed by atoms with Gasteiger partial charge in [0.15, 0.2) is 0 Å². The van der Waals surface area contributed by atoms with Crippen LogP contribution in [0.5, 0.6) is 0 Å². The normalized spacial score (nSPS) is 17.2. The molecule has 130 valence electrons. The molecule has 0 bridgehead atoms. The smallest absolute Gasteiger partial charge is 0.410 e. The van der Waals surface area contributed by atoms with Gasteiger partial charge in [0, 0.05) is 24.9 Å². The molecule has 1 aliphatic heterocycles. The van der Waals surface area contributed by atoms with Crippen LogP contribution in [0.15, 0.2) is 18.2 Å². The van der Waals surface area contributed by atoms with E-state index in [2.05, 4.69) is 6.07 Å². The van der Waals surface area contributed by atoms with Gasteiger partial charge in [-0.1, -0.05) is 17.7 Å². The molecule has 6 heteroatoms. The summed E-state index contributed by atoms with van der Waals surface area (Å²) in [7, 11) is 0. The highest BCUT2D eigenvalue weighted by Crippen LogP contribution is 2.40. The number of halogens is 2. The van der Waals surface area contributed by atoms with Gasteiger partial charge >= 0.3 is 6.09 Å². The summed E-state index contributed by atoms with van der Waals surface area (Å²) < 4.78 is 18.8. The third-order valence-corrected chi connectivity index (χ3v) is 4.61. The molecule has 1 fully saturated rings. The Kier molecular flexibility index (Phi) is 5.39. The van der Waals surface area contributed by atoms with E-state index in [1.165, 1.54) is 6.07 Å². The van der Waals surface area contributed by atoms with E-state index in [9.17, 15) is 14.4 Å². The van der Waals surface area contributed by atoms with Crippen molar-refractivity contribution >= 4 is 17.7 Å². The van der Waals surface area contributed by atoms with Crippen LogP contribution in [0.4, 0.5) is 9.18 Å². The third kappa shape index (κ3) is 4.18. The van der Waals surface area contributed by atoms with Gasteiger partial charge < -0.3 is 9.64 Å². The molecular formula is C18H22ClFN2O2. The molecule has 1 aromatic carbocycles. The highest BCUT2D eigenvalue weighted by atomic mass is 35.5. The number of benzene rings is 1. The highest BCUT2D eigenvalue weighted by molar-refractivity contribution is 6.30. The molecule has 0 saturated carbocycles. The zero-order chi connectivity index (χ0) is 18.0. The summed E-state index contributed by atoms with van der Waals surface area (Å²) >= 11 is 5.90. The van der Waals surface area contributed by atoms with E-state index in [1.54, 1.807) is 17.0 Å². The second-order valence-electron chi connectivity index (χ2n) is 7.21. The maximum absolute atomic E-state index is 13.4. The van der Waals surface area contributed by atoms with E-state index in [0.29, 0.717) is 32.4 Å². The maximum Gasteiger partial charge on any atom is 0.410 e. The first-order valence-corrected chi connectivity index (χ1v) is 8.35. The highest BCUT2D eigenvalue weighted by Gasteiger charge is 2.38. The fourth-order valence-corrected chi connectivity index (χ4v) is 3.17. The van der Waals surface area contributed by atoms with Gasteiger partial charge in [0.2, 0.25) is 0 Å². The second kappa shape index (κ2) is 6.98. The van der Waals surface area contributed by atoms with Gasteiger partial charge in [-0.15, -0.1) is 0 Å². The largest absolute Gasteiger partial charge is 0.444 e.